The summed E-state index contributed by atoms with van der Waals surface area (Å²) in [6.45, 7) is 1.52. The number of likely N-dealkylation sites (N-methyl/N-ethyl adjacent to an activating group) is 1. The number of fused-ring (bicyclic) bond motifs is 1. The number of nitrogens with zero attached hydrogens (tertiary/aromatic N) is 3. The molecular weight excluding hydrogens is 230 g/mol. The van der Waals surface area contributed by atoms with Gasteiger partial charge in [0.2, 0.25) is 0 Å². The second-order valence-corrected chi connectivity index (χ2v) is 4.60. The number of anilines is 1. The fraction of sp³-hybridized carbons (Fsp3) is 0.462. The molecule has 96 valence electrons. The van der Waals surface area contributed by atoms with Crippen LogP contribution in [-0.4, -0.2) is 40.8 Å². The first-order valence-electron chi connectivity index (χ1n) is 6.18. The van der Waals surface area contributed by atoms with Crippen molar-refractivity contribution in [2.24, 2.45) is 0 Å². The van der Waals surface area contributed by atoms with Gasteiger partial charge in [-0.05, 0) is 18.6 Å². The minimum atomic E-state index is -0.0154. The highest BCUT2D eigenvalue weighted by atomic mass is 16.5. The highest BCUT2D eigenvalue weighted by Gasteiger charge is 2.24. The largest absolute Gasteiger partial charge is 0.390 e. The third-order valence-corrected chi connectivity index (χ3v) is 3.54. The average molecular weight is 247 g/mol. The Bertz CT molecular complexity index is 546. The summed E-state index contributed by atoms with van der Waals surface area (Å²) in [6.07, 6.45) is 2.94. The molecule has 0 bridgehead atoms. The van der Waals surface area contributed by atoms with Crippen LogP contribution in [0.5, 0.6) is 0 Å². The second kappa shape index (κ2) is 4.59. The van der Waals surface area contributed by atoms with Gasteiger partial charge in [-0.3, -0.25) is 4.40 Å². The molecule has 1 saturated heterocycles. The lowest BCUT2D eigenvalue weighted by Gasteiger charge is -2.23. The van der Waals surface area contributed by atoms with E-state index in [1.807, 2.05) is 35.8 Å². The van der Waals surface area contributed by atoms with Gasteiger partial charge in [0.25, 0.3) is 0 Å². The number of aliphatic hydroxyl groups is 1. The number of aliphatic hydroxyl groups excluding tert-OH is 1. The summed E-state index contributed by atoms with van der Waals surface area (Å²) in [4.78, 5) is 6.72. The lowest BCUT2D eigenvalue weighted by Crippen LogP contribution is -2.32. The number of hydrogen-bond donors (Lipinski definition) is 1. The highest BCUT2D eigenvalue weighted by Crippen LogP contribution is 2.24. The number of aromatic nitrogens is 2. The number of imidazole rings is 1. The van der Waals surface area contributed by atoms with Gasteiger partial charge in [-0.15, -0.1) is 0 Å². The Labute approximate surface area is 106 Å². The molecule has 0 amide bonds. The van der Waals surface area contributed by atoms with E-state index in [1.54, 1.807) is 0 Å². The van der Waals surface area contributed by atoms with Gasteiger partial charge in [0, 0.05) is 19.9 Å². The molecule has 18 heavy (non-hydrogen) atoms. The van der Waals surface area contributed by atoms with Crippen LogP contribution >= 0.6 is 0 Å². The lowest BCUT2D eigenvalue weighted by molar-refractivity contribution is 0.193. The van der Waals surface area contributed by atoms with E-state index in [0.717, 1.165) is 36.8 Å². The van der Waals surface area contributed by atoms with Crippen LogP contribution in [0.3, 0.4) is 0 Å². The van der Waals surface area contributed by atoms with Crippen LogP contribution in [0.2, 0.25) is 0 Å². The lowest BCUT2D eigenvalue weighted by atomic mass is 10.2. The Morgan fingerprint density at radius 2 is 2.44 bits per heavy atom. The Balaban J connectivity index is 2.04. The predicted octanol–water partition coefficient (Wildman–Crippen LogP) is 1.05. The number of pyridine rings is 1. The summed E-state index contributed by atoms with van der Waals surface area (Å²) < 4.78 is 7.34. The van der Waals surface area contributed by atoms with Crippen LogP contribution in [0.25, 0.3) is 5.65 Å². The van der Waals surface area contributed by atoms with Crippen molar-refractivity contribution in [1.82, 2.24) is 9.38 Å². The van der Waals surface area contributed by atoms with Crippen molar-refractivity contribution in [2.45, 2.75) is 19.1 Å². The zero-order valence-electron chi connectivity index (χ0n) is 10.4. The average Bonchev–Trinajstić information content (AvgIpc) is 3.04. The summed E-state index contributed by atoms with van der Waals surface area (Å²) in [6, 6.07) is 6.18. The maximum Gasteiger partial charge on any atom is 0.153 e. The van der Waals surface area contributed by atoms with Crippen molar-refractivity contribution in [1.29, 1.82) is 0 Å². The first-order chi connectivity index (χ1) is 8.81. The van der Waals surface area contributed by atoms with Gasteiger partial charge < -0.3 is 14.7 Å². The van der Waals surface area contributed by atoms with Crippen molar-refractivity contribution in [3.63, 3.8) is 0 Å². The monoisotopic (exact) mass is 247 g/mol. The summed E-state index contributed by atoms with van der Waals surface area (Å²) in [5, 5.41) is 9.58. The molecule has 5 nitrogen and oxygen atoms in total. The molecule has 0 saturated carbocycles. The molecule has 1 unspecified atom stereocenters. The van der Waals surface area contributed by atoms with Gasteiger partial charge in [0.15, 0.2) is 5.82 Å². The van der Waals surface area contributed by atoms with Gasteiger partial charge in [-0.2, -0.15) is 0 Å². The molecular formula is C13H17N3O2. The fourth-order valence-corrected chi connectivity index (χ4v) is 2.46. The van der Waals surface area contributed by atoms with Gasteiger partial charge in [0.05, 0.1) is 24.9 Å². The van der Waals surface area contributed by atoms with Gasteiger partial charge in [-0.1, -0.05) is 6.07 Å². The Morgan fingerprint density at radius 3 is 3.17 bits per heavy atom. The molecule has 0 aliphatic carbocycles. The molecule has 5 heteroatoms. The van der Waals surface area contributed by atoms with E-state index in [4.69, 9.17) is 4.74 Å². The van der Waals surface area contributed by atoms with E-state index in [9.17, 15) is 5.11 Å². The Morgan fingerprint density at radius 1 is 1.56 bits per heavy atom. The summed E-state index contributed by atoms with van der Waals surface area (Å²) in [5.74, 6) is 0.846. The van der Waals surface area contributed by atoms with E-state index >= 15 is 0 Å². The highest BCUT2D eigenvalue weighted by molar-refractivity contribution is 5.56. The third-order valence-electron chi connectivity index (χ3n) is 3.54. The molecule has 2 aromatic heterocycles. The fourth-order valence-electron chi connectivity index (χ4n) is 2.46. The maximum atomic E-state index is 9.58. The number of hydrogen-bond acceptors (Lipinski definition) is 4. The molecule has 0 radical (unpaired) electrons. The molecule has 1 N–H and O–H groups in total. The zero-order valence-corrected chi connectivity index (χ0v) is 10.4. The van der Waals surface area contributed by atoms with Crippen molar-refractivity contribution in [3.05, 3.63) is 30.1 Å². The summed E-state index contributed by atoms with van der Waals surface area (Å²) in [7, 11) is 2.01. The van der Waals surface area contributed by atoms with Crippen LogP contribution in [0.4, 0.5) is 5.82 Å². The summed E-state index contributed by atoms with van der Waals surface area (Å²) >= 11 is 0. The second-order valence-electron chi connectivity index (χ2n) is 4.60. The molecule has 3 rings (SSSR count). The number of rotatable bonds is 3. The zero-order chi connectivity index (χ0) is 12.5. The molecule has 2 aromatic rings. The molecule has 0 aromatic carbocycles. The first-order valence-corrected chi connectivity index (χ1v) is 6.18. The molecule has 1 aliphatic rings. The topological polar surface area (TPSA) is 50.0 Å². The smallest absolute Gasteiger partial charge is 0.153 e. The maximum absolute atomic E-state index is 9.58. The minimum absolute atomic E-state index is 0.0154. The van der Waals surface area contributed by atoms with Crippen LogP contribution < -0.4 is 4.90 Å². The normalized spacial score (nSPS) is 19.6. The van der Waals surface area contributed by atoms with E-state index in [0.29, 0.717) is 6.04 Å². The SMILES string of the molecule is CN(c1nc2ccccn2c1CO)C1CCOC1. The van der Waals surface area contributed by atoms with E-state index < -0.39 is 0 Å². The first kappa shape index (κ1) is 11.5. The van der Waals surface area contributed by atoms with Crippen molar-refractivity contribution >= 4 is 11.5 Å². The quantitative estimate of drug-likeness (QED) is 0.881. The third kappa shape index (κ3) is 1.76. The Hall–Kier alpha value is -1.59. The molecule has 0 spiro atoms. The van der Waals surface area contributed by atoms with Gasteiger partial charge in [0.1, 0.15) is 5.65 Å². The van der Waals surface area contributed by atoms with Crippen LogP contribution in [0.1, 0.15) is 12.1 Å². The van der Waals surface area contributed by atoms with E-state index in [1.165, 1.54) is 0 Å². The van der Waals surface area contributed by atoms with Crippen molar-refractivity contribution < 1.29 is 9.84 Å². The van der Waals surface area contributed by atoms with Crippen LogP contribution in [0, 0.1) is 0 Å². The van der Waals surface area contributed by atoms with E-state index in [2.05, 4.69) is 9.88 Å². The molecule has 1 atom stereocenters. The van der Waals surface area contributed by atoms with Crippen molar-refractivity contribution in [3.8, 4) is 0 Å². The molecule has 3 heterocycles. The molecule has 1 fully saturated rings. The Kier molecular flexibility index (Phi) is 2.93. The van der Waals surface area contributed by atoms with Gasteiger partial charge in [-0.25, -0.2) is 4.98 Å². The standard InChI is InChI=1S/C13H17N3O2/c1-15(10-5-7-18-9-10)13-11(8-17)16-6-3-2-4-12(16)14-13/h2-4,6,10,17H,5,7-9H2,1H3. The molecule has 1 aliphatic heterocycles. The van der Waals surface area contributed by atoms with Gasteiger partial charge >= 0.3 is 0 Å². The summed E-state index contributed by atoms with van der Waals surface area (Å²) in [5.41, 5.74) is 1.70. The van der Waals surface area contributed by atoms with Crippen LogP contribution in [-0.2, 0) is 11.3 Å². The predicted molar refractivity (Wildman–Crippen MR) is 68.7 cm³/mol. The number of ether oxygens (including phenoxy) is 1. The van der Waals surface area contributed by atoms with Crippen molar-refractivity contribution in [2.75, 3.05) is 25.2 Å². The van der Waals surface area contributed by atoms with Crippen LogP contribution in [0.15, 0.2) is 24.4 Å². The minimum Gasteiger partial charge on any atom is -0.390 e. The van der Waals surface area contributed by atoms with E-state index in [-0.39, 0.29) is 6.61 Å².